The summed E-state index contributed by atoms with van der Waals surface area (Å²) in [5.74, 6) is 1.88. The highest BCUT2D eigenvalue weighted by Gasteiger charge is 2.25. The van der Waals surface area contributed by atoms with Gasteiger partial charge in [-0.2, -0.15) is 0 Å². The first-order chi connectivity index (χ1) is 29.8. The van der Waals surface area contributed by atoms with Crippen molar-refractivity contribution in [3.63, 3.8) is 0 Å². The first kappa shape index (κ1) is 36.2. The van der Waals surface area contributed by atoms with Gasteiger partial charge in [-0.05, 0) is 87.0 Å². The Morgan fingerprint density at radius 3 is 1.13 bits per heavy atom. The Labute approximate surface area is 349 Å². The van der Waals surface area contributed by atoms with E-state index < -0.39 is 0 Å². The highest BCUT2D eigenvalue weighted by Crippen LogP contribution is 2.49. The van der Waals surface area contributed by atoms with E-state index in [-0.39, 0.29) is 0 Å². The van der Waals surface area contributed by atoms with E-state index in [0.29, 0.717) is 17.5 Å². The van der Waals surface area contributed by atoms with E-state index in [1.165, 1.54) is 0 Å². The molecule has 0 amide bonds. The van der Waals surface area contributed by atoms with Crippen molar-refractivity contribution in [3.8, 4) is 101 Å². The fourth-order valence-electron chi connectivity index (χ4n) is 7.85. The van der Waals surface area contributed by atoms with Crippen LogP contribution >= 0.6 is 0 Å². The Morgan fingerprint density at radius 2 is 0.617 bits per heavy atom. The highest BCUT2D eigenvalue weighted by atomic mass is 15.0. The molecule has 5 nitrogen and oxygen atoms in total. The lowest BCUT2D eigenvalue weighted by atomic mass is 9.80. The Kier molecular flexibility index (Phi) is 9.88. The average molecular weight is 768 g/mol. The second-order valence-corrected chi connectivity index (χ2v) is 14.5. The van der Waals surface area contributed by atoms with E-state index in [2.05, 4.69) is 140 Å². The minimum atomic E-state index is 0.615. The van der Waals surface area contributed by atoms with Crippen LogP contribution in [0, 0.1) is 0 Å². The molecule has 60 heavy (non-hydrogen) atoms. The van der Waals surface area contributed by atoms with Crippen LogP contribution in [0.2, 0.25) is 0 Å². The zero-order valence-electron chi connectivity index (χ0n) is 32.6. The van der Waals surface area contributed by atoms with Gasteiger partial charge in [-0.3, -0.25) is 9.97 Å². The third-order valence-electron chi connectivity index (χ3n) is 10.6. The summed E-state index contributed by atoms with van der Waals surface area (Å²) < 4.78 is 0. The zero-order valence-corrected chi connectivity index (χ0v) is 32.6. The molecule has 0 N–H and O–H groups in total. The van der Waals surface area contributed by atoms with Gasteiger partial charge in [-0.1, -0.05) is 170 Å². The molecule has 0 atom stereocenters. The van der Waals surface area contributed by atoms with Crippen LogP contribution in [0.5, 0.6) is 0 Å². The first-order valence-electron chi connectivity index (χ1n) is 20.0. The maximum Gasteiger partial charge on any atom is 0.164 e. The van der Waals surface area contributed by atoms with Crippen molar-refractivity contribution in [2.45, 2.75) is 0 Å². The van der Waals surface area contributed by atoms with E-state index in [1.54, 1.807) is 0 Å². The fraction of sp³-hybridized carbons (Fsp3) is 0. The maximum absolute atomic E-state index is 5.02. The second kappa shape index (κ2) is 16.4. The molecule has 0 aliphatic carbocycles. The molecule has 0 saturated carbocycles. The van der Waals surface area contributed by atoms with Gasteiger partial charge in [0.2, 0.25) is 0 Å². The molecule has 3 aromatic heterocycles. The lowest BCUT2D eigenvalue weighted by molar-refractivity contribution is 1.07. The number of rotatable bonds is 9. The molecule has 3 heterocycles. The van der Waals surface area contributed by atoms with E-state index in [0.717, 1.165) is 83.7 Å². The molecule has 282 valence electrons. The average Bonchev–Trinajstić information content (AvgIpc) is 3.35. The zero-order chi connectivity index (χ0) is 40.1. The highest BCUT2D eigenvalue weighted by molar-refractivity contribution is 6.06. The van der Waals surface area contributed by atoms with Crippen molar-refractivity contribution in [1.29, 1.82) is 0 Å². The van der Waals surface area contributed by atoms with Crippen LogP contribution in [0.3, 0.4) is 0 Å². The lowest BCUT2D eigenvalue weighted by Crippen LogP contribution is -2.00. The maximum atomic E-state index is 5.02. The largest absolute Gasteiger partial charge is 0.256 e. The molecule has 5 heteroatoms. The molecule has 0 saturated heterocycles. The Morgan fingerprint density at radius 1 is 0.233 bits per heavy atom. The van der Waals surface area contributed by atoms with Crippen molar-refractivity contribution in [2.24, 2.45) is 0 Å². The number of pyridine rings is 2. The van der Waals surface area contributed by atoms with Crippen molar-refractivity contribution >= 4 is 0 Å². The Bertz CT molecular complexity index is 2990. The van der Waals surface area contributed by atoms with Crippen LogP contribution < -0.4 is 0 Å². The predicted octanol–water partition coefficient (Wildman–Crippen LogP) is 13.7. The van der Waals surface area contributed by atoms with Crippen LogP contribution in [0.15, 0.2) is 225 Å². The predicted molar refractivity (Wildman–Crippen MR) is 244 cm³/mol. The molecular formula is C55H37N5. The van der Waals surface area contributed by atoms with E-state index in [4.69, 9.17) is 24.9 Å². The molecule has 0 radical (unpaired) electrons. The van der Waals surface area contributed by atoms with Gasteiger partial charge in [-0.25, -0.2) is 15.0 Å². The van der Waals surface area contributed by atoms with E-state index in [1.807, 2.05) is 85.2 Å². The Balaban J connectivity index is 1.18. The van der Waals surface area contributed by atoms with Gasteiger partial charge in [-0.15, -0.1) is 0 Å². The van der Waals surface area contributed by atoms with Gasteiger partial charge in [0.25, 0.3) is 0 Å². The molecule has 0 spiro atoms. The van der Waals surface area contributed by atoms with Crippen molar-refractivity contribution in [1.82, 2.24) is 24.9 Å². The molecule has 0 fully saturated rings. The summed E-state index contributed by atoms with van der Waals surface area (Å²) in [7, 11) is 0. The molecule has 10 aromatic rings. The summed E-state index contributed by atoms with van der Waals surface area (Å²) in [6, 6.07) is 73.2. The van der Waals surface area contributed by atoms with Crippen molar-refractivity contribution in [3.05, 3.63) is 225 Å². The van der Waals surface area contributed by atoms with Crippen molar-refractivity contribution < 1.29 is 0 Å². The summed E-state index contributed by atoms with van der Waals surface area (Å²) in [5, 5.41) is 0. The summed E-state index contributed by atoms with van der Waals surface area (Å²) >= 11 is 0. The third-order valence-corrected chi connectivity index (χ3v) is 10.6. The molecule has 10 rings (SSSR count). The van der Waals surface area contributed by atoms with Gasteiger partial charge < -0.3 is 0 Å². The number of nitrogens with zero attached hydrogens (tertiary/aromatic N) is 5. The summed E-state index contributed by atoms with van der Waals surface area (Å²) in [5.41, 5.74) is 15.3. The molecule has 0 aliphatic heterocycles. The second-order valence-electron chi connectivity index (χ2n) is 14.5. The van der Waals surface area contributed by atoms with E-state index >= 15 is 0 Å². The van der Waals surface area contributed by atoms with Gasteiger partial charge in [0.1, 0.15) is 0 Å². The van der Waals surface area contributed by atoms with E-state index in [9.17, 15) is 0 Å². The number of aromatic nitrogens is 5. The van der Waals surface area contributed by atoms with Gasteiger partial charge in [0.15, 0.2) is 17.5 Å². The molecule has 7 aromatic carbocycles. The van der Waals surface area contributed by atoms with Crippen LogP contribution in [-0.4, -0.2) is 24.9 Å². The van der Waals surface area contributed by atoms with Crippen LogP contribution in [0.4, 0.5) is 0 Å². The summed E-state index contributed by atoms with van der Waals surface area (Å²) in [4.78, 5) is 24.9. The topological polar surface area (TPSA) is 64.5 Å². The van der Waals surface area contributed by atoms with Crippen LogP contribution in [0.1, 0.15) is 0 Å². The quantitative estimate of drug-likeness (QED) is 0.146. The first-order valence-corrected chi connectivity index (χ1v) is 20.0. The minimum absolute atomic E-state index is 0.615. The SMILES string of the molecule is c1ccc(-c2nc(-c3ccccc3)nc(-c3cccc(-c4cccc(-c5cc(-c6ccccc6)c(-c6ccccn6)c(-c6ccccn6)c5-c5ccccc5)c4)c3)n2)cc1. The standard InChI is InChI=1S/C55H37N5/c1-5-19-38(20-6-1)46-37-47(50(39-21-7-2-8-22-39)52(49-32-14-16-34-57-49)51(46)48-31-13-15-33-56-48)44-29-17-27-42(35-44)43-28-18-30-45(36-43)55-59-53(40-23-9-3-10-24-40)58-54(60-55)41-25-11-4-12-26-41/h1-37H. The number of hydrogen-bond donors (Lipinski definition) is 0. The molecular weight excluding hydrogens is 731 g/mol. The van der Waals surface area contributed by atoms with Gasteiger partial charge >= 0.3 is 0 Å². The van der Waals surface area contributed by atoms with Crippen LogP contribution in [0.25, 0.3) is 101 Å². The normalized spacial score (nSPS) is 11.0. The number of hydrogen-bond acceptors (Lipinski definition) is 5. The van der Waals surface area contributed by atoms with Crippen molar-refractivity contribution in [2.75, 3.05) is 0 Å². The van der Waals surface area contributed by atoms with Gasteiger partial charge in [0, 0.05) is 40.2 Å². The smallest absolute Gasteiger partial charge is 0.164 e. The van der Waals surface area contributed by atoms with Crippen LogP contribution in [-0.2, 0) is 0 Å². The lowest BCUT2D eigenvalue weighted by Gasteiger charge is -2.23. The number of benzene rings is 7. The summed E-state index contributed by atoms with van der Waals surface area (Å²) in [6.45, 7) is 0. The summed E-state index contributed by atoms with van der Waals surface area (Å²) in [6.07, 6.45) is 3.73. The Hall–Kier alpha value is -8.15. The monoisotopic (exact) mass is 767 g/mol. The third kappa shape index (κ3) is 7.28. The molecule has 0 unspecified atom stereocenters. The molecule has 0 aliphatic rings. The van der Waals surface area contributed by atoms with Gasteiger partial charge in [0.05, 0.1) is 11.4 Å². The minimum Gasteiger partial charge on any atom is -0.256 e. The molecule has 0 bridgehead atoms. The fourth-order valence-corrected chi connectivity index (χ4v) is 7.85.